The first-order valence-corrected chi connectivity index (χ1v) is 14.1. The number of carbonyl (C=O) groups excluding carboxylic acids is 1. The molecular weight excluding hydrogens is 506 g/mol. The highest BCUT2D eigenvalue weighted by Crippen LogP contribution is 2.32. The Kier molecular flexibility index (Phi) is 8.01. The number of hydrogen-bond acceptors (Lipinski definition) is 6. The van der Waals surface area contributed by atoms with E-state index in [4.69, 9.17) is 14.6 Å². The molecule has 0 saturated carbocycles. The summed E-state index contributed by atoms with van der Waals surface area (Å²) in [6.45, 7) is 8.87. The van der Waals surface area contributed by atoms with Gasteiger partial charge in [0.2, 0.25) is 0 Å². The van der Waals surface area contributed by atoms with Gasteiger partial charge in [-0.1, -0.05) is 20.8 Å². The lowest BCUT2D eigenvalue weighted by molar-refractivity contribution is -0.0598. The van der Waals surface area contributed by atoms with Gasteiger partial charge >= 0.3 is 6.03 Å². The third kappa shape index (κ3) is 5.79. The van der Waals surface area contributed by atoms with Gasteiger partial charge in [-0.15, -0.1) is 0 Å². The molecule has 1 aromatic heterocycles. The van der Waals surface area contributed by atoms with Gasteiger partial charge in [-0.2, -0.15) is 0 Å². The van der Waals surface area contributed by atoms with Crippen LogP contribution in [0.5, 0.6) is 0 Å². The lowest BCUT2D eigenvalue weighted by Gasteiger charge is -2.26. The van der Waals surface area contributed by atoms with Gasteiger partial charge in [-0.25, -0.2) is 23.3 Å². The van der Waals surface area contributed by atoms with Gasteiger partial charge in [-0.3, -0.25) is 9.14 Å². The molecule has 1 saturated heterocycles. The van der Waals surface area contributed by atoms with Crippen molar-refractivity contribution in [2.45, 2.75) is 50.5 Å². The molecular formula is C27H37N5O5S. The Balaban J connectivity index is 1.61. The first-order chi connectivity index (χ1) is 17.9. The number of hydrogen-bond donors (Lipinski definition) is 1. The molecule has 2 amide bonds. The number of benzene rings is 2. The third-order valence-corrected chi connectivity index (χ3v) is 8.67. The molecule has 1 fully saturated rings. The molecule has 2 aromatic carbocycles. The van der Waals surface area contributed by atoms with Crippen molar-refractivity contribution < 1.29 is 22.8 Å². The van der Waals surface area contributed by atoms with Crippen molar-refractivity contribution in [2.75, 3.05) is 44.0 Å². The fourth-order valence-electron chi connectivity index (χ4n) is 4.55. The van der Waals surface area contributed by atoms with Gasteiger partial charge < -0.3 is 14.6 Å². The quantitative estimate of drug-likeness (QED) is 0.436. The number of imidazole rings is 1. The van der Waals surface area contributed by atoms with E-state index in [9.17, 15) is 13.2 Å². The first kappa shape index (κ1) is 27.9. The summed E-state index contributed by atoms with van der Waals surface area (Å²) in [6, 6.07) is 11.2. The molecule has 38 heavy (non-hydrogen) atoms. The molecule has 0 spiro atoms. The number of fused-ring (bicyclic) bond motifs is 1. The standard InChI is InChI=1S/C27H37N5O5S/c1-27(2,3)25-29-23-17-21(9-12-24(23)32(25)18-19-13-15-37-16-14-19)31(5)38(34,35)22-10-7-20(8-11-22)28-26(33)30(4)36-6/h7-12,17,19H,13-16,18H2,1-6H3,(H,28,33). The molecule has 0 radical (unpaired) electrons. The Morgan fingerprint density at radius 1 is 1.13 bits per heavy atom. The molecule has 0 aliphatic carbocycles. The maximum absolute atomic E-state index is 13.4. The Bertz CT molecular complexity index is 1390. The van der Waals surface area contributed by atoms with Crippen LogP contribution >= 0.6 is 0 Å². The summed E-state index contributed by atoms with van der Waals surface area (Å²) >= 11 is 0. The number of aromatic nitrogens is 2. The van der Waals surface area contributed by atoms with E-state index in [1.165, 1.54) is 37.6 Å². The Hall–Kier alpha value is -3.15. The minimum Gasteiger partial charge on any atom is -0.381 e. The number of amides is 2. The summed E-state index contributed by atoms with van der Waals surface area (Å²) in [6.07, 6.45) is 2.04. The van der Waals surface area contributed by atoms with Crippen LogP contribution in [0.1, 0.15) is 39.4 Å². The molecule has 10 nitrogen and oxygen atoms in total. The van der Waals surface area contributed by atoms with E-state index in [0.717, 1.165) is 54.5 Å². The smallest absolute Gasteiger partial charge is 0.345 e. The number of ether oxygens (including phenoxy) is 1. The topological polar surface area (TPSA) is 106 Å². The summed E-state index contributed by atoms with van der Waals surface area (Å²) in [5.74, 6) is 1.51. The van der Waals surface area contributed by atoms with Crippen molar-refractivity contribution in [2.24, 2.45) is 5.92 Å². The second-order valence-electron chi connectivity index (χ2n) is 10.6. The van der Waals surface area contributed by atoms with Crippen LogP contribution in [0.15, 0.2) is 47.4 Å². The van der Waals surface area contributed by atoms with E-state index < -0.39 is 16.1 Å². The average Bonchev–Trinajstić information content (AvgIpc) is 3.26. The van der Waals surface area contributed by atoms with Gasteiger partial charge in [0.1, 0.15) is 5.82 Å². The van der Waals surface area contributed by atoms with Crippen molar-refractivity contribution in [1.82, 2.24) is 14.6 Å². The van der Waals surface area contributed by atoms with E-state index in [-0.39, 0.29) is 10.3 Å². The summed E-state index contributed by atoms with van der Waals surface area (Å²) in [4.78, 5) is 21.9. The predicted octanol–water partition coefficient (Wildman–Crippen LogP) is 4.61. The fourth-order valence-corrected chi connectivity index (χ4v) is 5.74. The van der Waals surface area contributed by atoms with Crippen LogP contribution in [0, 0.1) is 5.92 Å². The number of anilines is 2. The highest BCUT2D eigenvalue weighted by molar-refractivity contribution is 7.92. The average molecular weight is 544 g/mol. The third-order valence-electron chi connectivity index (χ3n) is 6.87. The number of nitrogens with one attached hydrogen (secondary N) is 1. The minimum atomic E-state index is -3.84. The number of sulfonamides is 1. The zero-order valence-corrected chi connectivity index (χ0v) is 23.7. The van der Waals surface area contributed by atoms with E-state index in [0.29, 0.717) is 17.3 Å². The van der Waals surface area contributed by atoms with Gasteiger partial charge in [0.15, 0.2) is 0 Å². The predicted molar refractivity (Wildman–Crippen MR) is 148 cm³/mol. The second kappa shape index (κ2) is 10.9. The lowest BCUT2D eigenvalue weighted by atomic mass is 9.94. The molecule has 0 bridgehead atoms. The van der Waals surface area contributed by atoms with Crippen LogP contribution in [0.4, 0.5) is 16.2 Å². The molecule has 4 rings (SSSR count). The zero-order valence-electron chi connectivity index (χ0n) is 22.9. The van der Waals surface area contributed by atoms with Crippen molar-refractivity contribution >= 4 is 38.5 Å². The van der Waals surface area contributed by atoms with E-state index in [1.54, 1.807) is 12.1 Å². The Morgan fingerprint density at radius 3 is 2.39 bits per heavy atom. The number of nitrogens with zero attached hydrogens (tertiary/aromatic N) is 4. The highest BCUT2D eigenvalue weighted by atomic mass is 32.2. The van der Waals surface area contributed by atoms with Crippen LogP contribution in [-0.4, -0.2) is 63.5 Å². The van der Waals surface area contributed by atoms with Gasteiger partial charge in [0.05, 0.1) is 28.7 Å². The highest BCUT2D eigenvalue weighted by Gasteiger charge is 2.27. The molecule has 1 aliphatic rings. The molecule has 2 heterocycles. The van der Waals surface area contributed by atoms with Gasteiger partial charge in [-0.05, 0) is 61.2 Å². The molecule has 1 aliphatic heterocycles. The zero-order chi connectivity index (χ0) is 27.7. The number of urea groups is 1. The molecule has 1 N–H and O–H groups in total. The van der Waals surface area contributed by atoms with E-state index in [1.807, 2.05) is 18.2 Å². The van der Waals surface area contributed by atoms with Crippen LogP contribution in [0.2, 0.25) is 0 Å². The van der Waals surface area contributed by atoms with Crippen molar-refractivity contribution in [3.05, 3.63) is 48.3 Å². The number of hydroxylamine groups is 2. The largest absolute Gasteiger partial charge is 0.381 e. The second-order valence-corrected chi connectivity index (χ2v) is 12.6. The maximum Gasteiger partial charge on any atom is 0.345 e. The van der Waals surface area contributed by atoms with Gasteiger partial charge in [0, 0.05) is 45.0 Å². The van der Waals surface area contributed by atoms with E-state index in [2.05, 4.69) is 30.7 Å². The van der Waals surface area contributed by atoms with Crippen molar-refractivity contribution in [1.29, 1.82) is 0 Å². The molecule has 0 atom stereocenters. The summed E-state index contributed by atoms with van der Waals surface area (Å²) in [5.41, 5.74) is 2.57. The van der Waals surface area contributed by atoms with Crippen molar-refractivity contribution in [3.8, 4) is 0 Å². The maximum atomic E-state index is 13.4. The van der Waals surface area contributed by atoms with Crippen LogP contribution in [0.3, 0.4) is 0 Å². The first-order valence-electron chi connectivity index (χ1n) is 12.7. The lowest BCUT2D eigenvalue weighted by Crippen LogP contribution is -2.30. The molecule has 0 unspecified atom stereocenters. The van der Waals surface area contributed by atoms with Gasteiger partial charge in [0.25, 0.3) is 10.0 Å². The van der Waals surface area contributed by atoms with Crippen LogP contribution < -0.4 is 9.62 Å². The van der Waals surface area contributed by atoms with Crippen LogP contribution in [-0.2, 0) is 31.6 Å². The monoisotopic (exact) mass is 543 g/mol. The number of carbonyl (C=O) groups is 1. The fraction of sp³-hybridized carbons (Fsp3) is 0.481. The normalized spacial score (nSPS) is 15.0. The molecule has 3 aromatic rings. The van der Waals surface area contributed by atoms with Crippen LogP contribution in [0.25, 0.3) is 11.0 Å². The summed E-state index contributed by atoms with van der Waals surface area (Å²) in [5, 5.41) is 3.67. The Morgan fingerprint density at radius 2 is 1.79 bits per heavy atom. The summed E-state index contributed by atoms with van der Waals surface area (Å²) < 4.78 is 35.9. The van der Waals surface area contributed by atoms with Crippen molar-refractivity contribution in [3.63, 3.8) is 0 Å². The Labute approximate surface area is 224 Å². The molecule has 206 valence electrons. The SMILES string of the molecule is CON(C)C(=O)Nc1ccc(S(=O)(=O)N(C)c2ccc3c(c2)nc(C(C)(C)C)n3CC2CCOCC2)cc1. The van der Waals surface area contributed by atoms with E-state index >= 15 is 0 Å². The number of rotatable bonds is 7. The minimum absolute atomic E-state index is 0.110. The molecule has 11 heteroatoms. The summed E-state index contributed by atoms with van der Waals surface area (Å²) in [7, 11) is 0.536.